The number of ether oxygens (including phenoxy) is 2. The van der Waals surface area contributed by atoms with Gasteiger partial charge in [-0.05, 0) is 25.5 Å². The molecule has 26 heavy (non-hydrogen) atoms. The highest BCUT2D eigenvalue weighted by Crippen LogP contribution is 2.19. The van der Waals surface area contributed by atoms with E-state index in [9.17, 15) is 14.7 Å². The number of methoxy groups -OCH3 is 1. The lowest BCUT2D eigenvalue weighted by molar-refractivity contribution is 0.0386. The number of hydrogen-bond acceptors (Lipinski definition) is 6. The van der Waals surface area contributed by atoms with Gasteiger partial charge >= 0.3 is 5.97 Å². The minimum atomic E-state index is -0.873. The van der Waals surface area contributed by atoms with Gasteiger partial charge in [0.25, 0.3) is 5.91 Å². The number of aryl methyl sites for hydroxylation is 1. The molecule has 8 nitrogen and oxygen atoms in total. The van der Waals surface area contributed by atoms with Crippen LogP contribution in [0.15, 0.2) is 24.5 Å². The van der Waals surface area contributed by atoms with Crippen molar-refractivity contribution in [1.82, 2.24) is 15.3 Å². The Bertz CT molecular complexity index is 758. The van der Waals surface area contributed by atoms with Crippen LogP contribution in [0.4, 0.5) is 0 Å². The topological polar surface area (TPSA) is 114 Å². The summed E-state index contributed by atoms with van der Waals surface area (Å²) in [5.41, 5.74) is 2.24. The van der Waals surface area contributed by atoms with E-state index in [0.29, 0.717) is 29.0 Å². The predicted molar refractivity (Wildman–Crippen MR) is 94.0 cm³/mol. The number of esters is 1. The number of carbonyl (C=O) groups is 2. The van der Waals surface area contributed by atoms with Crippen molar-refractivity contribution in [2.75, 3.05) is 26.9 Å². The molecule has 0 bridgehead atoms. The van der Waals surface area contributed by atoms with Gasteiger partial charge in [-0.3, -0.25) is 9.78 Å². The molecule has 1 atom stereocenters. The van der Waals surface area contributed by atoms with Gasteiger partial charge in [0.05, 0.1) is 18.3 Å². The Labute approximate surface area is 151 Å². The van der Waals surface area contributed by atoms with Gasteiger partial charge in [-0.1, -0.05) is 6.07 Å². The molecular formula is C18H23N3O5. The Kier molecular flexibility index (Phi) is 6.88. The van der Waals surface area contributed by atoms with E-state index in [-0.39, 0.29) is 18.8 Å². The van der Waals surface area contributed by atoms with Crippen LogP contribution in [-0.4, -0.2) is 53.8 Å². The highest BCUT2D eigenvalue weighted by atomic mass is 16.6. The van der Waals surface area contributed by atoms with Gasteiger partial charge in [-0.15, -0.1) is 0 Å². The molecular weight excluding hydrogens is 338 g/mol. The van der Waals surface area contributed by atoms with Crippen LogP contribution in [0.1, 0.15) is 43.8 Å². The molecule has 140 valence electrons. The summed E-state index contributed by atoms with van der Waals surface area (Å²) in [7, 11) is 1.52. The number of aromatic nitrogens is 2. The average molecular weight is 361 g/mol. The fourth-order valence-corrected chi connectivity index (χ4v) is 2.54. The summed E-state index contributed by atoms with van der Waals surface area (Å²) in [4.78, 5) is 31.4. The van der Waals surface area contributed by atoms with Gasteiger partial charge in [-0.2, -0.15) is 0 Å². The van der Waals surface area contributed by atoms with Gasteiger partial charge in [-0.25, -0.2) is 4.79 Å². The van der Waals surface area contributed by atoms with Crippen LogP contribution in [0.25, 0.3) is 0 Å². The quantitative estimate of drug-likeness (QED) is 0.482. The second-order valence-electron chi connectivity index (χ2n) is 5.77. The maximum Gasteiger partial charge on any atom is 0.340 e. The fraction of sp³-hybridized carbons (Fsp3) is 0.389. The molecule has 1 unspecified atom stereocenters. The zero-order valence-corrected chi connectivity index (χ0v) is 15.0. The molecule has 2 aromatic heterocycles. The molecule has 1 amide bonds. The average Bonchev–Trinajstić information content (AvgIpc) is 2.94. The van der Waals surface area contributed by atoms with E-state index >= 15 is 0 Å². The number of aliphatic hydroxyl groups excluding tert-OH is 1. The van der Waals surface area contributed by atoms with Crippen molar-refractivity contribution in [1.29, 1.82) is 0 Å². The summed E-state index contributed by atoms with van der Waals surface area (Å²) in [6.07, 6.45) is 2.27. The minimum absolute atomic E-state index is 0.0235. The molecule has 2 heterocycles. The first-order valence-corrected chi connectivity index (χ1v) is 8.17. The lowest BCUT2D eigenvalue weighted by Gasteiger charge is -2.11. The Morgan fingerprint density at radius 3 is 2.77 bits per heavy atom. The lowest BCUT2D eigenvalue weighted by Crippen LogP contribution is -2.29. The third kappa shape index (κ3) is 4.68. The van der Waals surface area contributed by atoms with Gasteiger partial charge in [0, 0.05) is 37.3 Å². The summed E-state index contributed by atoms with van der Waals surface area (Å²) in [6.45, 7) is 3.83. The third-order valence-electron chi connectivity index (χ3n) is 3.91. The Morgan fingerprint density at radius 1 is 1.35 bits per heavy atom. The summed E-state index contributed by atoms with van der Waals surface area (Å²) >= 11 is 0. The molecule has 0 saturated carbocycles. The molecule has 0 fully saturated rings. The highest BCUT2D eigenvalue weighted by molar-refractivity contribution is 6.00. The number of rotatable bonds is 8. The second-order valence-corrected chi connectivity index (χ2v) is 5.77. The molecule has 0 aliphatic carbocycles. The first kappa shape index (κ1) is 19.6. The highest BCUT2D eigenvalue weighted by Gasteiger charge is 2.23. The van der Waals surface area contributed by atoms with Gasteiger partial charge < -0.3 is 24.9 Å². The van der Waals surface area contributed by atoms with Crippen LogP contribution in [0.2, 0.25) is 0 Å². The number of aliphatic hydroxyl groups is 1. The van der Waals surface area contributed by atoms with E-state index in [2.05, 4.69) is 15.3 Å². The van der Waals surface area contributed by atoms with Crippen molar-refractivity contribution in [3.63, 3.8) is 0 Å². The second kappa shape index (κ2) is 9.12. The standard InChI is InChI=1S/C18H23N3O5/c1-11-15(18(24)26-8-7-25-3)12(2)21-16(11)17(23)20-10-14(22)13-5-4-6-19-9-13/h4-6,9,14,21-22H,7-8,10H2,1-3H3,(H,20,23). The Morgan fingerprint density at radius 2 is 2.12 bits per heavy atom. The first-order valence-electron chi connectivity index (χ1n) is 8.17. The van der Waals surface area contributed by atoms with Crippen molar-refractivity contribution >= 4 is 11.9 Å². The molecule has 8 heteroatoms. The van der Waals surface area contributed by atoms with E-state index in [1.54, 1.807) is 32.2 Å². The Hall–Kier alpha value is -2.71. The molecule has 3 N–H and O–H groups in total. The summed E-state index contributed by atoms with van der Waals surface area (Å²) in [6, 6.07) is 3.43. The number of amides is 1. The largest absolute Gasteiger partial charge is 0.460 e. The van der Waals surface area contributed by atoms with Crippen LogP contribution in [-0.2, 0) is 9.47 Å². The molecule has 0 saturated heterocycles. The summed E-state index contributed by atoms with van der Waals surface area (Å²) < 4.78 is 9.96. The van der Waals surface area contributed by atoms with E-state index in [4.69, 9.17) is 9.47 Å². The molecule has 0 aliphatic rings. The van der Waals surface area contributed by atoms with Crippen molar-refractivity contribution < 1.29 is 24.2 Å². The van der Waals surface area contributed by atoms with Gasteiger partial charge in [0.15, 0.2) is 0 Å². The van der Waals surface area contributed by atoms with Crippen LogP contribution < -0.4 is 5.32 Å². The number of nitrogens with zero attached hydrogens (tertiary/aromatic N) is 1. The van der Waals surface area contributed by atoms with Crippen molar-refractivity contribution in [3.8, 4) is 0 Å². The molecule has 2 rings (SSSR count). The SMILES string of the molecule is COCCOC(=O)c1c(C)[nH]c(C(=O)NCC(O)c2cccnc2)c1C. The number of nitrogens with one attached hydrogen (secondary N) is 2. The fourth-order valence-electron chi connectivity index (χ4n) is 2.54. The lowest BCUT2D eigenvalue weighted by atomic mass is 10.1. The third-order valence-corrected chi connectivity index (χ3v) is 3.91. The zero-order chi connectivity index (χ0) is 19.1. The van der Waals surface area contributed by atoms with Crippen LogP contribution in [0.3, 0.4) is 0 Å². The molecule has 0 spiro atoms. The van der Waals surface area contributed by atoms with E-state index in [1.807, 2.05) is 0 Å². The summed E-state index contributed by atoms with van der Waals surface area (Å²) in [5, 5.41) is 12.8. The van der Waals surface area contributed by atoms with Crippen LogP contribution in [0.5, 0.6) is 0 Å². The normalized spacial score (nSPS) is 11.8. The molecule has 0 aromatic carbocycles. The number of carbonyl (C=O) groups excluding carboxylic acids is 2. The van der Waals surface area contributed by atoms with Crippen molar-refractivity contribution in [2.24, 2.45) is 0 Å². The minimum Gasteiger partial charge on any atom is -0.460 e. The predicted octanol–water partition coefficient (Wildman–Crippen LogP) is 1.29. The van der Waals surface area contributed by atoms with E-state index in [0.717, 1.165) is 0 Å². The number of H-pyrrole nitrogens is 1. The van der Waals surface area contributed by atoms with Crippen LogP contribution >= 0.6 is 0 Å². The smallest absolute Gasteiger partial charge is 0.340 e. The number of hydrogen-bond donors (Lipinski definition) is 3. The van der Waals surface area contributed by atoms with Gasteiger partial charge in [0.2, 0.25) is 0 Å². The van der Waals surface area contributed by atoms with Crippen LogP contribution in [0, 0.1) is 13.8 Å². The van der Waals surface area contributed by atoms with Crippen molar-refractivity contribution in [2.45, 2.75) is 20.0 Å². The molecule has 0 radical (unpaired) electrons. The monoisotopic (exact) mass is 361 g/mol. The number of pyridine rings is 1. The van der Waals surface area contributed by atoms with E-state index in [1.165, 1.54) is 13.3 Å². The molecule has 0 aliphatic heterocycles. The Balaban J connectivity index is 2.03. The number of aromatic amines is 1. The zero-order valence-electron chi connectivity index (χ0n) is 15.0. The van der Waals surface area contributed by atoms with Crippen molar-refractivity contribution in [3.05, 3.63) is 52.6 Å². The van der Waals surface area contributed by atoms with E-state index < -0.39 is 18.0 Å². The summed E-state index contributed by atoms with van der Waals surface area (Å²) in [5.74, 6) is -0.924. The molecule has 2 aromatic rings. The first-order chi connectivity index (χ1) is 12.5. The maximum atomic E-state index is 12.4. The maximum absolute atomic E-state index is 12.4. The van der Waals surface area contributed by atoms with Gasteiger partial charge in [0.1, 0.15) is 12.3 Å².